The molecule has 1 unspecified atom stereocenters. The minimum Gasteiger partial charge on any atom is -0.544 e. The number of hydrogen-bond acceptors (Lipinski definition) is 3. The normalized spacial score (nSPS) is 12.3. The van der Waals surface area contributed by atoms with Crippen molar-refractivity contribution in [1.29, 1.82) is 0 Å². The van der Waals surface area contributed by atoms with Gasteiger partial charge in [-0.3, -0.25) is 0 Å². The van der Waals surface area contributed by atoms with Crippen molar-refractivity contribution in [3.63, 3.8) is 0 Å². The first kappa shape index (κ1) is 12.7. The molecule has 1 atom stereocenters. The number of carboxylic acid groups (broad SMARTS) is 1. The van der Waals surface area contributed by atoms with E-state index in [1.54, 1.807) is 5.32 Å². The van der Waals surface area contributed by atoms with Crippen LogP contribution in [0, 0.1) is 0 Å². The summed E-state index contributed by atoms with van der Waals surface area (Å²) in [4.78, 5) is 10.4. The molecule has 0 saturated heterocycles. The maximum Gasteiger partial charge on any atom is 0.116 e. The first-order valence-corrected chi connectivity index (χ1v) is 5.40. The van der Waals surface area contributed by atoms with Gasteiger partial charge in [-0.25, -0.2) is 0 Å². The second kappa shape index (κ2) is 6.98. The van der Waals surface area contributed by atoms with Crippen LogP contribution < -0.4 is 10.4 Å². The van der Waals surface area contributed by atoms with E-state index in [2.05, 4.69) is 0 Å². The standard InChI is InChI=1S/C12H17NO3/c14-7-6-11(13-9-12(15)16)8-10-4-2-1-3-5-10/h1-5,11,13-14H,6-9H2,(H,15,16). The second-order valence-electron chi connectivity index (χ2n) is 3.77. The largest absolute Gasteiger partial charge is 0.544 e. The minimum atomic E-state index is -1.07. The van der Waals surface area contributed by atoms with Crippen LogP contribution in [0.5, 0.6) is 0 Å². The maximum absolute atomic E-state index is 10.4. The molecular weight excluding hydrogens is 206 g/mol. The molecule has 4 heteroatoms. The number of hydrogen-bond donors (Lipinski definition) is 2. The van der Waals surface area contributed by atoms with Gasteiger partial charge in [-0.15, -0.1) is 0 Å². The zero-order valence-electron chi connectivity index (χ0n) is 9.13. The summed E-state index contributed by atoms with van der Waals surface area (Å²) >= 11 is 0. The van der Waals surface area contributed by atoms with E-state index in [4.69, 9.17) is 5.11 Å². The molecule has 1 aromatic carbocycles. The Kier molecular flexibility index (Phi) is 5.53. The number of nitrogens with two attached hydrogens (primary N) is 1. The van der Waals surface area contributed by atoms with Gasteiger partial charge in [0, 0.05) is 19.4 Å². The van der Waals surface area contributed by atoms with Gasteiger partial charge in [-0.1, -0.05) is 30.3 Å². The van der Waals surface area contributed by atoms with E-state index in [9.17, 15) is 9.90 Å². The highest BCUT2D eigenvalue weighted by molar-refractivity contribution is 5.64. The first-order valence-electron chi connectivity index (χ1n) is 5.40. The van der Waals surface area contributed by atoms with Crippen molar-refractivity contribution in [2.24, 2.45) is 0 Å². The molecule has 3 N–H and O–H groups in total. The van der Waals surface area contributed by atoms with E-state index < -0.39 is 5.97 Å². The van der Waals surface area contributed by atoms with Gasteiger partial charge >= 0.3 is 0 Å². The molecule has 0 aromatic heterocycles. The molecule has 0 radical (unpaired) electrons. The SMILES string of the molecule is O=C([O-])C[NH2+]C(CCO)Cc1ccccc1. The molecule has 88 valence electrons. The van der Waals surface area contributed by atoms with Gasteiger partial charge in [0.15, 0.2) is 0 Å². The van der Waals surface area contributed by atoms with E-state index >= 15 is 0 Å². The van der Waals surface area contributed by atoms with Crippen molar-refractivity contribution >= 4 is 5.97 Å². The lowest BCUT2D eigenvalue weighted by Crippen LogP contribution is -2.92. The smallest absolute Gasteiger partial charge is 0.116 e. The number of quaternary nitrogens is 1. The Bertz CT molecular complexity index is 313. The Morgan fingerprint density at radius 1 is 1.38 bits per heavy atom. The van der Waals surface area contributed by atoms with Crippen molar-refractivity contribution in [1.82, 2.24) is 0 Å². The van der Waals surface area contributed by atoms with Gasteiger partial charge < -0.3 is 20.3 Å². The van der Waals surface area contributed by atoms with Crippen LogP contribution in [-0.2, 0) is 11.2 Å². The van der Waals surface area contributed by atoms with Crippen LogP contribution in [0.15, 0.2) is 30.3 Å². The Labute approximate surface area is 94.9 Å². The number of rotatable bonds is 7. The van der Waals surface area contributed by atoms with Crippen LogP contribution in [0.25, 0.3) is 0 Å². The fourth-order valence-electron chi connectivity index (χ4n) is 1.65. The molecule has 0 aliphatic rings. The van der Waals surface area contributed by atoms with Crippen LogP contribution >= 0.6 is 0 Å². The lowest BCUT2D eigenvalue weighted by Gasteiger charge is -2.15. The maximum atomic E-state index is 10.4. The Balaban J connectivity index is 2.47. The van der Waals surface area contributed by atoms with Crippen molar-refractivity contribution in [2.75, 3.05) is 13.2 Å². The molecule has 0 aliphatic heterocycles. The van der Waals surface area contributed by atoms with Crippen LogP contribution in [0.4, 0.5) is 0 Å². The van der Waals surface area contributed by atoms with Crippen LogP contribution in [0.1, 0.15) is 12.0 Å². The van der Waals surface area contributed by atoms with Gasteiger partial charge in [0.25, 0.3) is 0 Å². The topological polar surface area (TPSA) is 77.0 Å². The Morgan fingerprint density at radius 2 is 2.06 bits per heavy atom. The summed E-state index contributed by atoms with van der Waals surface area (Å²) < 4.78 is 0. The fourth-order valence-corrected chi connectivity index (χ4v) is 1.65. The van der Waals surface area contributed by atoms with Crippen molar-refractivity contribution in [3.05, 3.63) is 35.9 Å². The van der Waals surface area contributed by atoms with E-state index in [1.165, 1.54) is 0 Å². The molecule has 16 heavy (non-hydrogen) atoms. The molecule has 0 heterocycles. The molecular formula is C12H17NO3. The average Bonchev–Trinajstić information content (AvgIpc) is 2.27. The Morgan fingerprint density at radius 3 is 2.62 bits per heavy atom. The third kappa shape index (κ3) is 4.91. The molecule has 0 fully saturated rings. The molecule has 0 aliphatic carbocycles. The number of carboxylic acids is 1. The number of benzene rings is 1. The lowest BCUT2D eigenvalue weighted by atomic mass is 10.0. The Hall–Kier alpha value is -1.39. The highest BCUT2D eigenvalue weighted by atomic mass is 16.4. The molecule has 1 rings (SSSR count). The molecule has 0 saturated carbocycles. The third-order valence-electron chi connectivity index (χ3n) is 2.46. The predicted octanol–water partition coefficient (Wildman–Crippen LogP) is -1.71. The van der Waals surface area contributed by atoms with E-state index in [-0.39, 0.29) is 19.2 Å². The second-order valence-corrected chi connectivity index (χ2v) is 3.77. The summed E-state index contributed by atoms with van der Waals surface area (Å²) in [6.07, 6.45) is 1.34. The van der Waals surface area contributed by atoms with Crippen molar-refractivity contribution < 1.29 is 20.3 Å². The number of aliphatic hydroxyl groups excluding tert-OH is 1. The summed E-state index contributed by atoms with van der Waals surface area (Å²) in [6, 6.07) is 9.92. The summed E-state index contributed by atoms with van der Waals surface area (Å²) in [5, 5.41) is 21.0. The summed E-state index contributed by atoms with van der Waals surface area (Å²) in [7, 11) is 0. The number of carbonyl (C=O) groups is 1. The van der Waals surface area contributed by atoms with Gasteiger partial charge in [0.1, 0.15) is 6.54 Å². The third-order valence-corrected chi connectivity index (χ3v) is 2.46. The zero-order valence-corrected chi connectivity index (χ0v) is 9.13. The average molecular weight is 223 g/mol. The number of aliphatic carboxylic acids is 1. The molecule has 0 bridgehead atoms. The predicted molar refractivity (Wildman–Crippen MR) is 57.4 cm³/mol. The van der Waals surface area contributed by atoms with Crippen molar-refractivity contribution in [2.45, 2.75) is 18.9 Å². The quantitative estimate of drug-likeness (QED) is 0.578. The van der Waals surface area contributed by atoms with Crippen LogP contribution in [-0.4, -0.2) is 30.3 Å². The number of aliphatic hydroxyl groups is 1. The fraction of sp³-hybridized carbons (Fsp3) is 0.417. The van der Waals surface area contributed by atoms with Gasteiger partial charge in [0.05, 0.1) is 12.0 Å². The molecule has 0 amide bonds. The summed E-state index contributed by atoms with van der Waals surface area (Å²) in [5.41, 5.74) is 1.15. The molecule has 1 aromatic rings. The number of carbonyl (C=O) groups excluding carboxylic acids is 1. The van der Waals surface area contributed by atoms with Gasteiger partial charge in [0.2, 0.25) is 0 Å². The lowest BCUT2D eigenvalue weighted by molar-refractivity contribution is -0.685. The molecule has 0 spiro atoms. The van der Waals surface area contributed by atoms with Crippen LogP contribution in [0.3, 0.4) is 0 Å². The first-order chi connectivity index (χ1) is 7.72. The van der Waals surface area contributed by atoms with Crippen LogP contribution in [0.2, 0.25) is 0 Å². The zero-order chi connectivity index (χ0) is 11.8. The van der Waals surface area contributed by atoms with E-state index in [0.29, 0.717) is 6.42 Å². The highest BCUT2D eigenvalue weighted by Crippen LogP contribution is 2.02. The highest BCUT2D eigenvalue weighted by Gasteiger charge is 2.11. The van der Waals surface area contributed by atoms with Gasteiger partial charge in [-0.2, -0.15) is 0 Å². The molecule has 4 nitrogen and oxygen atoms in total. The van der Waals surface area contributed by atoms with Gasteiger partial charge in [-0.05, 0) is 5.56 Å². The summed E-state index contributed by atoms with van der Waals surface area (Å²) in [6.45, 7) is 0.0124. The minimum absolute atomic E-state index is 0.0580. The van der Waals surface area contributed by atoms with Crippen molar-refractivity contribution in [3.8, 4) is 0 Å². The van der Waals surface area contributed by atoms with E-state index in [1.807, 2.05) is 30.3 Å². The summed E-state index contributed by atoms with van der Waals surface area (Å²) in [5.74, 6) is -1.07. The monoisotopic (exact) mass is 223 g/mol. The van der Waals surface area contributed by atoms with E-state index in [0.717, 1.165) is 12.0 Å².